The van der Waals surface area contributed by atoms with Gasteiger partial charge in [0, 0.05) is 10.5 Å². The van der Waals surface area contributed by atoms with Gasteiger partial charge in [-0.15, -0.1) is 0 Å². The van der Waals surface area contributed by atoms with Gasteiger partial charge in [0.15, 0.2) is 0 Å². The van der Waals surface area contributed by atoms with Gasteiger partial charge < -0.3 is 0 Å². The normalized spacial score (nSPS) is 24.6. The van der Waals surface area contributed by atoms with Crippen LogP contribution in [-0.2, 0) is 6.42 Å². The fourth-order valence-corrected chi connectivity index (χ4v) is 3.79. The standard InChI is InChI=1S/C17H27BrN2/c1-2-3-13-4-8-15(9-5-13)17(20-19)12-14-6-10-16(18)11-7-14/h6-7,10-11,13,15,17,20H,2-5,8-9,12,19H2,1H3. The lowest BCUT2D eigenvalue weighted by Crippen LogP contribution is -2.43. The van der Waals surface area contributed by atoms with Crippen LogP contribution in [0.3, 0.4) is 0 Å². The molecule has 0 amide bonds. The average Bonchev–Trinajstić information content (AvgIpc) is 2.48. The summed E-state index contributed by atoms with van der Waals surface area (Å²) in [7, 11) is 0. The fourth-order valence-electron chi connectivity index (χ4n) is 3.52. The van der Waals surface area contributed by atoms with Gasteiger partial charge in [0.25, 0.3) is 0 Å². The highest BCUT2D eigenvalue weighted by Crippen LogP contribution is 2.34. The van der Waals surface area contributed by atoms with Gasteiger partial charge in [-0.25, -0.2) is 0 Å². The topological polar surface area (TPSA) is 38.0 Å². The Balaban J connectivity index is 1.87. The smallest absolute Gasteiger partial charge is 0.0279 e. The van der Waals surface area contributed by atoms with Crippen molar-refractivity contribution in [1.29, 1.82) is 0 Å². The third-order valence-corrected chi connectivity index (χ3v) is 5.27. The molecule has 112 valence electrons. The minimum absolute atomic E-state index is 0.416. The minimum Gasteiger partial charge on any atom is -0.271 e. The van der Waals surface area contributed by atoms with Gasteiger partial charge in [0.2, 0.25) is 0 Å². The van der Waals surface area contributed by atoms with Gasteiger partial charge in [-0.3, -0.25) is 11.3 Å². The summed E-state index contributed by atoms with van der Waals surface area (Å²) >= 11 is 3.49. The number of hydrogen-bond donors (Lipinski definition) is 2. The Morgan fingerprint density at radius 2 is 1.85 bits per heavy atom. The first-order valence-electron chi connectivity index (χ1n) is 7.93. The lowest BCUT2D eigenvalue weighted by molar-refractivity contribution is 0.213. The number of nitrogens with one attached hydrogen (secondary N) is 1. The van der Waals surface area contributed by atoms with E-state index in [1.54, 1.807) is 0 Å². The molecule has 1 atom stereocenters. The zero-order chi connectivity index (χ0) is 14.4. The third-order valence-electron chi connectivity index (χ3n) is 4.74. The van der Waals surface area contributed by atoms with E-state index >= 15 is 0 Å². The summed E-state index contributed by atoms with van der Waals surface area (Å²) in [4.78, 5) is 0. The summed E-state index contributed by atoms with van der Waals surface area (Å²) in [6.45, 7) is 2.30. The van der Waals surface area contributed by atoms with Gasteiger partial charge in [0.05, 0.1) is 0 Å². The second-order valence-corrected chi connectivity index (χ2v) is 7.09. The maximum absolute atomic E-state index is 5.82. The van der Waals surface area contributed by atoms with E-state index in [-0.39, 0.29) is 0 Å². The van der Waals surface area contributed by atoms with Gasteiger partial charge in [-0.1, -0.05) is 60.7 Å². The van der Waals surface area contributed by atoms with E-state index in [1.165, 1.54) is 44.1 Å². The molecule has 0 aliphatic heterocycles. The molecule has 1 fully saturated rings. The van der Waals surface area contributed by atoms with E-state index in [0.29, 0.717) is 6.04 Å². The van der Waals surface area contributed by atoms with Crippen LogP contribution in [-0.4, -0.2) is 6.04 Å². The molecule has 0 radical (unpaired) electrons. The van der Waals surface area contributed by atoms with E-state index in [2.05, 4.69) is 52.5 Å². The van der Waals surface area contributed by atoms with E-state index in [4.69, 9.17) is 5.84 Å². The highest BCUT2D eigenvalue weighted by Gasteiger charge is 2.26. The molecule has 3 heteroatoms. The minimum atomic E-state index is 0.416. The molecule has 1 aromatic carbocycles. The molecule has 0 spiro atoms. The molecular weight excluding hydrogens is 312 g/mol. The van der Waals surface area contributed by atoms with Gasteiger partial charge in [-0.05, 0) is 48.8 Å². The summed E-state index contributed by atoms with van der Waals surface area (Å²) in [5.74, 6) is 7.51. The second kappa shape index (κ2) is 8.16. The van der Waals surface area contributed by atoms with Crippen molar-refractivity contribution in [3.05, 3.63) is 34.3 Å². The van der Waals surface area contributed by atoms with Crippen LogP contribution in [0.1, 0.15) is 51.0 Å². The van der Waals surface area contributed by atoms with Crippen molar-refractivity contribution in [3.63, 3.8) is 0 Å². The van der Waals surface area contributed by atoms with Crippen LogP contribution in [0.25, 0.3) is 0 Å². The SMILES string of the molecule is CCCC1CCC(C(Cc2ccc(Br)cc2)NN)CC1. The Labute approximate surface area is 131 Å². The van der Waals surface area contributed by atoms with Crippen molar-refractivity contribution in [2.45, 2.75) is 57.9 Å². The molecular formula is C17H27BrN2. The van der Waals surface area contributed by atoms with Crippen LogP contribution < -0.4 is 11.3 Å². The molecule has 1 aromatic rings. The Bertz CT molecular complexity index is 382. The highest BCUT2D eigenvalue weighted by molar-refractivity contribution is 9.10. The van der Waals surface area contributed by atoms with Crippen molar-refractivity contribution >= 4 is 15.9 Å². The molecule has 0 heterocycles. The maximum atomic E-state index is 5.82. The predicted molar refractivity (Wildman–Crippen MR) is 89.3 cm³/mol. The largest absolute Gasteiger partial charge is 0.271 e. The Morgan fingerprint density at radius 1 is 1.20 bits per heavy atom. The third kappa shape index (κ3) is 4.57. The van der Waals surface area contributed by atoms with E-state index in [1.807, 2.05) is 0 Å². The molecule has 1 aliphatic carbocycles. The molecule has 0 aromatic heterocycles. The van der Waals surface area contributed by atoms with Crippen molar-refractivity contribution in [1.82, 2.24) is 5.43 Å². The maximum Gasteiger partial charge on any atom is 0.0279 e. The zero-order valence-electron chi connectivity index (χ0n) is 12.4. The number of nitrogens with two attached hydrogens (primary N) is 1. The van der Waals surface area contributed by atoms with Crippen molar-refractivity contribution in [3.8, 4) is 0 Å². The first-order valence-corrected chi connectivity index (χ1v) is 8.72. The second-order valence-electron chi connectivity index (χ2n) is 6.17. The fraction of sp³-hybridized carbons (Fsp3) is 0.647. The first kappa shape index (κ1) is 16.0. The van der Waals surface area contributed by atoms with Gasteiger partial charge in [0.1, 0.15) is 0 Å². The Hall–Kier alpha value is -0.380. The lowest BCUT2D eigenvalue weighted by atomic mass is 9.76. The van der Waals surface area contributed by atoms with Gasteiger partial charge in [-0.2, -0.15) is 0 Å². The van der Waals surface area contributed by atoms with Crippen molar-refractivity contribution < 1.29 is 0 Å². The molecule has 1 saturated carbocycles. The van der Waals surface area contributed by atoms with Crippen LogP contribution in [0.4, 0.5) is 0 Å². The molecule has 2 nitrogen and oxygen atoms in total. The molecule has 0 saturated heterocycles. The van der Waals surface area contributed by atoms with Crippen LogP contribution >= 0.6 is 15.9 Å². The predicted octanol–water partition coefficient (Wildman–Crippen LogP) is 4.43. The molecule has 3 N–H and O–H groups in total. The van der Waals surface area contributed by atoms with E-state index in [9.17, 15) is 0 Å². The average molecular weight is 339 g/mol. The summed E-state index contributed by atoms with van der Waals surface area (Å²) < 4.78 is 1.14. The van der Waals surface area contributed by atoms with E-state index < -0.39 is 0 Å². The van der Waals surface area contributed by atoms with Gasteiger partial charge >= 0.3 is 0 Å². The van der Waals surface area contributed by atoms with E-state index in [0.717, 1.165) is 22.7 Å². The van der Waals surface area contributed by atoms with Crippen molar-refractivity contribution in [2.24, 2.45) is 17.7 Å². The van der Waals surface area contributed by atoms with Crippen LogP contribution in [0, 0.1) is 11.8 Å². The summed E-state index contributed by atoms with van der Waals surface area (Å²) in [6, 6.07) is 9.02. The summed E-state index contributed by atoms with van der Waals surface area (Å²) in [5, 5.41) is 0. The monoisotopic (exact) mass is 338 g/mol. The number of halogens is 1. The molecule has 20 heavy (non-hydrogen) atoms. The lowest BCUT2D eigenvalue weighted by Gasteiger charge is -2.33. The van der Waals surface area contributed by atoms with Crippen LogP contribution in [0.15, 0.2) is 28.7 Å². The summed E-state index contributed by atoms with van der Waals surface area (Å²) in [6.07, 6.45) is 9.19. The molecule has 2 rings (SSSR count). The van der Waals surface area contributed by atoms with Crippen molar-refractivity contribution in [2.75, 3.05) is 0 Å². The van der Waals surface area contributed by atoms with Crippen LogP contribution in [0.5, 0.6) is 0 Å². The summed E-state index contributed by atoms with van der Waals surface area (Å²) in [5.41, 5.74) is 4.44. The zero-order valence-corrected chi connectivity index (χ0v) is 14.0. The quantitative estimate of drug-likeness (QED) is 0.594. The van der Waals surface area contributed by atoms with Crippen LogP contribution in [0.2, 0.25) is 0 Å². The first-order chi connectivity index (χ1) is 9.72. The Morgan fingerprint density at radius 3 is 2.40 bits per heavy atom. The molecule has 1 unspecified atom stereocenters. The molecule has 0 bridgehead atoms. The number of benzene rings is 1. The number of hydrogen-bond acceptors (Lipinski definition) is 2. The number of rotatable bonds is 6. The Kier molecular flexibility index (Phi) is 6.53. The molecule has 1 aliphatic rings. The highest BCUT2D eigenvalue weighted by atomic mass is 79.9. The number of hydrazine groups is 1.